The maximum Gasteiger partial charge on any atom is 0.339 e. The van der Waals surface area contributed by atoms with Crippen LogP contribution in [-0.2, 0) is 14.8 Å². The normalized spacial score (nSPS) is 11.1. The molecule has 0 atom stereocenters. The van der Waals surface area contributed by atoms with Crippen molar-refractivity contribution in [1.29, 1.82) is 0 Å². The topological polar surface area (TPSA) is 114 Å². The van der Waals surface area contributed by atoms with Crippen LogP contribution >= 0.6 is 0 Å². The second-order valence-electron chi connectivity index (χ2n) is 6.97. The highest BCUT2D eigenvalue weighted by Gasteiger charge is 2.22. The summed E-state index contributed by atoms with van der Waals surface area (Å²) >= 11 is 0. The monoisotopic (exact) mass is 461 g/mol. The Morgan fingerprint density at radius 1 is 0.818 bits per heavy atom. The molecule has 33 heavy (non-hydrogen) atoms. The predicted octanol–water partition coefficient (Wildman–Crippen LogP) is 4.07. The molecule has 3 aromatic carbocycles. The van der Waals surface area contributed by atoms with Crippen LogP contribution in [0.15, 0.2) is 90.0 Å². The van der Waals surface area contributed by atoms with Crippen molar-refractivity contribution in [2.45, 2.75) is 4.90 Å². The molecule has 0 bridgehead atoms. The van der Waals surface area contributed by atoms with Crippen LogP contribution in [0.25, 0.3) is 10.9 Å². The molecule has 0 saturated carbocycles. The Morgan fingerprint density at radius 3 is 2.24 bits per heavy atom. The molecule has 166 valence electrons. The lowest BCUT2D eigenvalue weighted by Crippen LogP contribution is -2.20. The summed E-state index contributed by atoms with van der Waals surface area (Å²) in [6.45, 7) is 0. The van der Waals surface area contributed by atoms with Crippen LogP contribution in [0.2, 0.25) is 0 Å². The first kappa shape index (κ1) is 22.0. The molecule has 8 nitrogen and oxygen atoms in total. The molecule has 0 fully saturated rings. The van der Waals surface area contributed by atoms with E-state index in [9.17, 15) is 18.0 Å². The summed E-state index contributed by atoms with van der Waals surface area (Å²) in [6, 6.07) is 20.9. The zero-order valence-electron chi connectivity index (χ0n) is 17.5. The summed E-state index contributed by atoms with van der Waals surface area (Å²) in [5.41, 5.74) is 0.896. The predicted molar refractivity (Wildman–Crippen MR) is 125 cm³/mol. The van der Waals surface area contributed by atoms with Crippen LogP contribution in [-0.4, -0.2) is 32.4 Å². The number of benzene rings is 3. The molecule has 2 N–H and O–H groups in total. The van der Waals surface area contributed by atoms with E-state index >= 15 is 0 Å². The minimum Gasteiger partial charge on any atom is -0.465 e. The molecule has 1 amide bonds. The number of rotatable bonds is 6. The van der Waals surface area contributed by atoms with E-state index in [0.717, 1.165) is 0 Å². The standard InChI is InChI=1S/C24H19N3O5S/c1-32-24(29)18-11-3-4-12-19(18)26-23(28)17-10-2-5-13-20(17)27-33(30,31)21-14-6-8-16-9-7-15-25-22(16)21/h2-15,27H,1H3,(H,26,28). The Morgan fingerprint density at radius 2 is 1.48 bits per heavy atom. The number of fused-ring (bicyclic) bond motifs is 1. The van der Waals surface area contributed by atoms with E-state index in [2.05, 4.69) is 15.0 Å². The summed E-state index contributed by atoms with van der Waals surface area (Å²) < 4.78 is 33.6. The number of pyridine rings is 1. The van der Waals surface area contributed by atoms with Crippen LogP contribution in [0.5, 0.6) is 0 Å². The van der Waals surface area contributed by atoms with E-state index < -0.39 is 21.9 Å². The third-order valence-corrected chi connectivity index (χ3v) is 6.28. The van der Waals surface area contributed by atoms with Gasteiger partial charge in [-0.3, -0.25) is 14.5 Å². The molecule has 0 aliphatic carbocycles. The average molecular weight is 461 g/mol. The van der Waals surface area contributed by atoms with Crippen LogP contribution < -0.4 is 10.0 Å². The highest BCUT2D eigenvalue weighted by atomic mass is 32.2. The van der Waals surface area contributed by atoms with Crippen molar-refractivity contribution in [2.24, 2.45) is 0 Å². The van der Waals surface area contributed by atoms with Crippen LogP contribution in [0.4, 0.5) is 11.4 Å². The summed E-state index contributed by atoms with van der Waals surface area (Å²) in [5, 5.41) is 3.32. The molecule has 0 spiro atoms. The number of nitrogens with one attached hydrogen (secondary N) is 2. The van der Waals surface area contributed by atoms with Crippen molar-refractivity contribution in [2.75, 3.05) is 17.1 Å². The number of carbonyl (C=O) groups excluding carboxylic acids is 2. The van der Waals surface area contributed by atoms with E-state index in [1.807, 2.05) is 0 Å². The molecule has 0 saturated heterocycles. The molecule has 4 rings (SSSR count). The van der Waals surface area contributed by atoms with Gasteiger partial charge in [-0.05, 0) is 36.4 Å². The number of amides is 1. The highest BCUT2D eigenvalue weighted by Crippen LogP contribution is 2.26. The fraction of sp³-hybridized carbons (Fsp3) is 0.0417. The molecule has 0 unspecified atom stereocenters. The molecule has 4 aromatic rings. The third-order valence-electron chi connectivity index (χ3n) is 4.88. The number of sulfonamides is 1. The number of nitrogens with zero attached hydrogens (tertiary/aromatic N) is 1. The third kappa shape index (κ3) is 4.53. The number of ether oxygens (including phenoxy) is 1. The zero-order chi connectivity index (χ0) is 23.4. The molecule has 1 aromatic heterocycles. The molecule has 0 aliphatic rings. The first-order valence-corrected chi connectivity index (χ1v) is 11.3. The van der Waals surface area contributed by atoms with Crippen molar-refractivity contribution in [3.8, 4) is 0 Å². The van der Waals surface area contributed by atoms with Gasteiger partial charge in [-0.15, -0.1) is 0 Å². The van der Waals surface area contributed by atoms with E-state index in [1.54, 1.807) is 54.6 Å². The second kappa shape index (κ2) is 9.09. The fourth-order valence-electron chi connectivity index (χ4n) is 3.33. The van der Waals surface area contributed by atoms with Crippen LogP contribution in [0.1, 0.15) is 20.7 Å². The second-order valence-corrected chi connectivity index (χ2v) is 8.62. The summed E-state index contributed by atoms with van der Waals surface area (Å²) in [4.78, 5) is 29.2. The highest BCUT2D eigenvalue weighted by molar-refractivity contribution is 7.93. The van der Waals surface area contributed by atoms with Gasteiger partial charge in [0.05, 0.1) is 35.1 Å². The number of hydrogen-bond donors (Lipinski definition) is 2. The van der Waals surface area contributed by atoms with Gasteiger partial charge in [0.2, 0.25) is 0 Å². The summed E-state index contributed by atoms with van der Waals surface area (Å²) in [5.74, 6) is -1.20. The zero-order valence-corrected chi connectivity index (χ0v) is 18.3. The van der Waals surface area contributed by atoms with Gasteiger partial charge in [0.1, 0.15) is 4.90 Å². The number of esters is 1. The van der Waals surface area contributed by atoms with Crippen molar-refractivity contribution in [3.63, 3.8) is 0 Å². The number of carbonyl (C=O) groups is 2. The van der Waals surface area contributed by atoms with Gasteiger partial charge in [-0.25, -0.2) is 13.2 Å². The van der Waals surface area contributed by atoms with E-state index in [4.69, 9.17) is 4.74 Å². The van der Waals surface area contributed by atoms with Crippen molar-refractivity contribution in [1.82, 2.24) is 4.98 Å². The SMILES string of the molecule is COC(=O)c1ccccc1NC(=O)c1ccccc1NS(=O)(=O)c1cccc2cccnc12. The van der Waals surface area contributed by atoms with E-state index in [0.29, 0.717) is 10.9 Å². The van der Waals surface area contributed by atoms with Crippen LogP contribution in [0, 0.1) is 0 Å². The molecule has 0 aliphatic heterocycles. The number of anilines is 2. The van der Waals surface area contributed by atoms with Crippen molar-refractivity contribution >= 4 is 44.2 Å². The quantitative estimate of drug-likeness (QED) is 0.418. The van der Waals surface area contributed by atoms with E-state index in [-0.39, 0.29) is 27.4 Å². The molecular formula is C24H19N3O5S. The Labute approximate surface area is 190 Å². The van der Waals surface area contributed by atoms with Crippen molar-refractivity contribution < 1.29 is 22.7 Å². The minimum absolute atomic E-state index is 0.00755. The molecular weight excluding hydrogens is 442 g/mol. The van der Waals surface area contributed by atoms with Gasteiger partial charge >= 0.3 is 5.97 Å². The number of hydrogen-bond acceptors (Lipinski definition) is 6. The number of aromatic nitrogens is 1. The van der Waals surface area contributed by atoms with Gasteiger partial charge in [0, 0.05) is 11.6 Å². The Hall–Kier alpha value is -4.24. The first-order valence-electron chi connectivity index (χ1n) is 9.85. The van der Waals surface area contributed by atoms with Gasteiger partial charge in [-0.1, -0.05) is 42.5 Å². The lowest BCUT2D eigenvalue weighted by Gasteiger charge is -2.14. The van der Waals surface area contributed by atoms with Gasteiger partial charge in [-0.2, -0.15) is 0 Å². The fourth-order valence-corrected chi connectivity index (χ4v) is 4.59. The Balaban J connectivity index is 1.67. The minimum atomic E-state index is -4.06. The maximum atomic E-state index is 13.2. The van der Waals surface area contributed by atoms with Crippen LogP contribution in [0.3, 0.4) is 0 Å². The maximum absolute atomic E-state index is 13.2. The summed E-state index contributed by atoms with van der Waals surface area (Å²) in [6.07, 6.45) is 1.52. The largest absolute Gasteiger partial charge is 0.465 e. The van der Waals surface area contributed by atoms with Gasteiger partial charge in [0.15, 0.2) is 0 Å². The lowest BCUT2D eigenvalue weighted by molar-refractivity contribution is 0.0602. The smallest absolute Gasteiger partial charge is 0.339 e. The Kier molecular flexibility index (Phi) is 6.05. The first-order chi connectivity index (χ1) is 15.9. The molecule has 9 heteroatoms. The summed E-state index contributed by atoms with van der Waals surface area (Å²) in [7, 11) is -2.82. The average Bonchev–Trinajstić information content (AvgIpc) is 2.83. The number of methoxy groups -OCH3 is 1. The van der Waals surface area contributed by atoms with Gasteiger partial charge in [0.25, 0.3) is 15.9 Å². The van der Waals surface area contributed by atoms with Gasteiger partial charge < -0.3 is 10.1 Å². The Bertz CT molecular complexity index is 1460. The molecule has 0 radical (unpaired) electrons. The van der Waals surface area contributed by atoms with Crippen molar-refractivity contribution in [3.05, 3.63) is 96.2 Å². The van der Waals surface area contributed by atoms with E-state index in [1.165, 1.54) is 37.6 Å². The number of para-hydroxylation sites is 3. The molecule has 1 heterocycles. The lowest BCUT2D eigenvalue weighted by atomic mass is 10.1.